The molecular formula is C10H16F3NO2. The summed E-state index contributed by atoms with van der Waals surface area (Å²) < 4.78 is 36.1. The van der Waals surface area contributed by atoms with Crippen LogP contribution in [0.5, 0.6) is 0 Å². The Morgan fingerprint density at radius 3 is 2.50 bits per heavy atom. The summed E-state index contributed by atoms with van der Waals surface area (Å²) in [6.45, 7) is 3.85. The third-order valence-corrected chi connectivity index (χ3v) is 2.88. The van der Waals surface area contributed by atoms with Gasteiger partial charge in [0.15, 0.2) is 0 Å². The molecule has 1 rings (SSSR count). The number of rotatable bonds is 1. The number of hydrogen-bond donors (Lipinski definition) is 1. The van der Waals surface area contributed by atoms with E-state index in [0.29, 0.717) is 6.42 Å². The lowest BCUT2D eigenvalue weighted by molar-refractivity contribution is -0.165. The molecule has 0 spiro atoms. The number of aliphatic hydroxyl groups is 1. The summed E-state index contributed by atoms with van der Waals surface area (Å²) in [6.07, 6.45) is -6.12. The van der Waals surface area contributed by atoms with Crippen LogP contribution in [0.4, 0.5) is 13.2 Å². The van der Waals surface area contributed by atoms with Crippen LogP contribution < -0.4 is 0 Å². The Kier molecular flexibility index (Phi) is 3.52. The first-order chi connectivity index (χ1) is 7.12. The molecule has 94 valence electrons. The molecule has 0 aromatic heterocycles. The first kappa shape index (κ1) is 13.3. The quantitative estimate of drug-likeness (QED) is 0.754. The maximum atomic E-state index is 12.0. The van der Waals surface area contributed by atoms with Gasteiger partial charge in [0.2, 0.25) is 5.91 Å². The van der Waals surface area contributed by atoms with Crippen molar-refractivity contribution in [1.82, 2.24) is 4.90 Å². The third kappa shape index (κ3) is 3.37. The van der Waals surface area contributed by atoms with Crippen molar-refractivity contribution in [3.8, 4) is 0 Å². The van der Waals surface area contributed by atoms with Crippen molar-refractivity contribution in [2.75, 3.05) is 13.1 Å². The van der Waals surface area contributed by atoms with E-state index in [9.17, 15) is 23.1 Å². The van der Waals surface area contributed by atoms with Crippen LogP contribution in [0.15, 0.2) is 0 Å². The molecule has 16 heavy (non-hydrogen) atoms. The van der Waals surface area contributed by atoms with Gasteiger partial charge in [0.1, 0.15) is 6.42 Å². The minimum atomic E-state index is -4.46. The van der Waals surface area contributed by atoms with E-state index >= 15 is 0 Å². The van der Waals surface area contributed by atoms with Gasteiger partial charge in [-0.15, -0.1) is 0 Å². The Morgan fingerprint density at radius 2 is 2.06 bits per heavy atom. The van der Waals surface area contributed by atoms with Crippen molar-refractivity contribution in [3.05, 3.63) is 0 Å². The lowest BCUT2D eigenvalue weighted by Gasteiger charge is -2.41. The third-order valence-electron chi connectivity index (χ3n) is 2.88. The number of hydrogen-bond acceptors (Lipinski definition) is 2. The summed E-state index contributed by atoms with van der Waals surface area (Å²) in [4.78, 5) is 12.5. The first-order valence-corrected chi connectivity index (χ1v) is 5.14. The maximum Gasteiger partial charge on any atom is 0.397 e. The van der Waals surface area contributed by atoms with Crippen LogP contribution in [0.3, 0.4) is 0 Å². The molecule has 0 aliphatic carbocycles. The molecular weight excluding hydrogens is 223 g/mol. The molecule has 1 unspecified atom stereocenters. The number of nitrogens with zero attached hydrogens (tertiary/aromatic N) is 1. The van der Waals surface area contributed by atoms with Gasteiger partial charge in [-0.2, -0.15) is 13.2 Å². The lowest BCUT2D eigenvalue weighted by atomic mass is 9.81. The molecule has 1 heterocycles. The zero-order chi connectivity index (χ0) is 12.6. The molecule has 0 bridgehead atoms. The Balaban J connectivity index is 2.60. The molecule has 1 aliphatic rings. The number of halogens is 3. The zero-order valence-electron chi connectivity index (χ0n) is 9.34. The fourth-order valence-corrected chi connectivity index (χ4v) is 1.84. The van der Waals surface area contributed by atoms with E-state index in [-0.39, 0.29) is 13.1 Å². The molecule has 6 heteroatoms. The topological polar surface area (TPSA) is 40.5 Å². The fraction of sp³-hybridized carbons (Fsp3) is 0.900. The largest absolute Gasteiger partial charge is 0.397 e. The second-order valence-electron chi connectivity index (χ2n) is 4.90. The lowest BCUT2D eigenvalue weighted by Crippen LogP contribution is -2.51. The zero-order valence-corrected chi connectivity index (χ0v) is 9.34. The SMILES string of the molecule is CC1(C)CN(C(=O)CC(F)(F)F)CCC1O. The summed E-state index contributed by atoms with van der Waals surface area (Å²) >= 11 is 0. The van der Waals surface area contributed by atoms with E-state index in [2.05, 4.69) is 0 Å². The van der Waals surface area contributed by atoms with Gasteiger partial charge >= 0.3 is 6.18 Å². The van der Waals surface area contributed by atoms with Gasteiger partial charge in [-0.05, 0) is 6.42 Å². The van der Waals surface area contributed by atoms with Crippen molar-refractivity contribution in [2.24, 2.45) is 5.41 Å². The maximum absolute atomic E-state index is 12.0. The average molecular weight is 239 g/mol. The molecule has 0 saturated carbocycles. The van der Waals surface area contributed by atoms with Crippen LogP contribution in [-0.2, 0) is 4.79 Å². The Bertz CT molecular complexity index is 276. The number of carbonyl (C=O) groups is 1. The molecule has 1 fully saturated rings. The first-order valence-electron chi connectivity index (χ1n) is 5.14. The molecule has 3 nitrogen and oxygen atoms in total. The minimum absolute atomic E-state index is 0.170. The highest BCUT2D eigenvalue weighted by Gasteiger charge is 2.39. The van der Waals surface area contributed by atoms with E-state index in [1.165, 1.54) is 4.90 Å². The van der Waals surface area contributed by atoms with Crippen molar-refractivity contribution >= 4 is 5.91 Å². The minimum Gasteiger partial charge on any atom is -0.392 e. The van der Waals surface area contributed by atoms with Crippen LogP contribution in [0.25, 0.3) is 0 Å². The Morgan fingerprint density at radius 1 is 1.50 bits per heavy atom. The van der Waals surface area contributed by atoms with Crippen molar-refractivity contribution in [3.63, 3.8) is 0 Å². The smallest absolute Gasteiger partial charge is 0.392 e. The fourth-order valence-electron chi connectivity index (χ4n) is 1.84. The summed E-state index contributed by atoms with van der Waals surface area (Å²) in [7, 11) is 0. The van der Waals surface area contributed by atoms with E-state index in [0.717, 1.165) is 0 Å². The van der Waals surface area contributed by atoms with Gasteiger partial charge in [0.05, 0.1) is 6.10 Å². The van der Waals surface area contributed by atoms with Gasteiger partial charge in [0.25, 0.3) is 0 Å². The van der Waals surface area contributed by atoms with E-state index < -0.39 is 30.0 Å². The highest BCUT2D eigenvalue weighted by molar-refractivity contribution is 5.77. The Hall–Kier alpha value is -0.780. The highest BCUT2D eigenvalue weighted by Crippen LogP contribution is 2.30. The summed E-state index contributed by atoms with van der Waals surface area (Å²) in [5.41, 5.74) is -0.542. The standard InChI is InChI=1S/C10H16F3NO2/c1-9(2)6-14(4-3-7(9)15)8(16)5-10(11,12)13/h7,15H,3-6H2,1-2H3. The van der Waals surface area contributed by atoms with Gasteiger partial charge in [-0.1, -0.05) is 13.8 Å². The van der Waals surface area contributed by atoms with Gasteiger partial charge < -0.3 is 10.0 Å². The van der Waals surface area contributed by atoms with Crippen LogP contribution in [-0.4, -0.2) is 41.3 Å². The predicted molar refractivity (Wildman–Crippen MR) is 51.7 cm³/mol. The number of piperidine rings is 1. The normalized spacial score (nSPS) is 25.6. The van der Waals surface area contributed by atoms with Gasteiger partial charge in [-0.3, -0.25) is 4.79 Å². The number of aliphatic hydroxyl groups excluding tert-OH is 1. The summed E-state index contributed by atoms with van der Waals surface area (Å²) in [5.74, 6) is -0.910. The molecule has 0 aromatic rings. The predicted octanol–water partition coefficient (Wildman–Crippen LogP) is 1.56. The van der Waals surface area contributed by atoms with Crippen molar-refractivity contribution < 1.29 is 23.1 Å². The van der Waals surface area contributed by atoms with Crippen LogP contribution in [0, 0.1) is 5.41 Å². The summed E-state index contributed by atoms with van der Waals surface area (Å²) in [5, 5.41) is 9.61. The molecule has 1 saturated heterocycles. The van der Waals surface area contributed by atoms with Gasteiger partial charge in [-0.25, -0.2) is 0 Å². The molecule has 1 aliphatic heterocycles. The molecule has 0 aromatic carbocycles. The monoisotopic (exact) mass is 239 g/mol. The molecule has 1 N–H and O–H groups in total. The second-order valence-corrected chi connectivity index (χ2v) is 4.90. The Labute approximate surface area is 92.2 Å². The summed E-state index contributed by atoms with van der Waals surface area (Å²) in [6, 6.07) is 0. The van der Waals surface area contributed by atoms with Crippen LogP contribution in [0.2, 0.25) is 0 Å². The number of alkyl halides is 3. The second kappa shape index (κ2) is 4.24. The van der Waals surface area contributed by atoms with Crippen LogP contribution >= 0.6 is 0 Å². The number of carbonyl (C=O) groups excluding carboxylic acids is 1. The van der Waals surface area contributed by atoms with Gasteiger partial charge in [0, 0.05) is 18.5 Å². The number of amides is 1. The molecule has 0 radical (unpaired) electrons. The molecule has 1 atom stereocenters. The van der Waals surface area contributed by atoms with E-state index in [1.807, 2.05) is 0 Å². The van der Waals surface area contributed by atoms with Crippen LogP contribution in [0.1, 0.15) is 26.7 Å². The average Bonchev–Trinajstić information content (AvgIpc) is 2.06. The van der Waals surface area contributed by atoms with Crippen molar-refractivity contribution in [2.45, 2.75) is 39.0 Å². The highest BCUT2D eigenvalue weighted by atomic mass is 19.4. The number of likely N-dealkylation sites (tertiary alicyclic amines) is 1. The van der Waals surface area contributed by atoms with E-state index in [4.69, 9.17) is 0 Å². The van der Waals surface area contributed by atoms with E-state index in [1.54, 1.807) is 13.8 Å². The molecule has 1 amide bonds. The van der Waals surface area contributed by atoms with Crippen molar-refractivity contribution in [1.29, 1.82) is 0 Å².